The number of benzene rings is 1. The highest BCUT2D eigenvalue weighted by molar-refractivity contribution is 5.28. The lowest BCUT2D eigenvalue weighted by molar-refractivity contribution is -0.137. The van der Waals surface area contributed by atoms with Crippen molar-refractivity contribution in [2.45, 2.75) is 12.1 Å². The van der Waals surface area contributed by atoms with E-state index in [0.717, 1.165) is 12.1 Å². The van der Waals surface area contributed by atoms with E-state index >= 15 is 0 Å². The van der Waals surface area contributed by atoms with Crippen molar-refractivity contribution in [2.75, 3.05) is 13.2 Å². The van der Waals surface area contributed by atoms with Gasteiger partial charge in [0, 0.05) is 5.92 Å². The second-order valence-corrected chi connectivity index (χ2v) is 3.34. The molecule has 1 rings (SSSR count). The molecule has 3 nitrogen and oxygen atoms in total. The fourth-order valence-corrected chi connectivity index (χ4v) is 1.34. The summed E-state index contributed by atoms with van der Waals surface area (Å²) in [6, 6.07) is 4.74. The number of rotatable bonds is 4. The van der Waals surface area contributed by atoms with Gasteiger partial charge < -0.3 is 9.94 Å². The van der Waals surface area contributed by atoms with Crippen molar-refractivity contribution in [1.82, 2.24) is 0 Å². The number of aliphatic hydroxyl groups is 1. The van der Waals surface area contributed by atoms with Crippen LogP contribution in [0, 0.1) is 0 Å². The minimum atomic E-state index is -4.39. The zero-order valence-corrected chi connectivity index (χ0v) is 8.37. The first-order valence-corrected chi connectivity index (χ1v) is 4.58. The van der Waals surface area contributed by atoms with E-state index in [4.69, 9.17) is 11.0 Å². The van der Waals surface area contributed by atoms with Crippen molar-refractivity contribution >= 4 is 0 Å². The standard InChI is InChI=1S/C10H12F3NO2/c11-10(12,13)9-3-1-2-7(4-9)8(5-15)6-16-14/h1-4,8,15H,5-6,14H2. The predicted molar refractivity (Wildman–Crippen MR) is 51.4 cm³/mol. The van der Waals surface area contributed by atoms with Crippen LogP contribution in [-0.2, 0) is 11.0 Å². The van der Waals surface area contributed by atoms with Crippen LogP contribution in [-0.4, -0.2) is 18.3 Å². The Morgan fingerprint density at radius 3 is 2.56 bits per heavy atom. The summed E-state index contributed by atoms with van der Waals surface area (Å²) in [5.74, 6) is 4.28. The zero-order chi connectivity index (χ0) is 12.2. The number of hydrogen-bond donors (Lipinski definition) is 2. The lowest BCUT2D eigenvalue weighted by Gasteiger charge is -2.15. The van der Waals surface area contributed by atoms with Gasteiger partial charge in [-0.2, -0.15) is 13.2 Å². The minimum Gasteiger partial charge on any atom is -0.396 e. The Bertz CT molecular complexity index is 341. The molecule has 0 radical (unpaired) electrons. The van der Waals surface area contributed by atoms with Gasteiger partial charge in [-0.15, -0.1) is 0 Å². The highest BCUT2D eigenvalue weighted by Crippen LogP contribution is 2.31. The maximum Gasteiger partial charge on any atom is 0.416 e. The quantitative estimate of drug-likeness (QED) is 0.780. The highest BCUT2D eigenvalue weighted by Gasteiger charge is 2.30. The topological polar surface area (TPSA) is 55.5 Å². The van der Waals surface area contributed by atoms with Gasteiger partial charge in [0.05, 0.1) is 18.8 Å². The fraction of sp³-hybridized carbons (Fsp3) is 0.400. The van der Waals surface area contributed by atoms with Crippen LogP contribution >= 0.6 is 0 Å². The van der Waals surface area contributed by atoms with Gasteiger partial charge in [-0.05, 0) is 11.6 Å². The van der Waals surface area contributed by atoms with Crippen LogP contribution in [0.15, 0.2) is 24.3 Å². The molecule has 0 saturated heterocycles. The first kappa shape index (κ1) is 13.0. The second kappa shape index (κ2) is 5.29. The summed E-state index contributed by atoms with van der Waals surface area (Å²) in [6.07, 6.45) is -4.39. The summed E-state index contributed by atoms with van der Waals surface area (Å²) in [5, 5.41) is 8.99. The molecule has 0 fully saturated rings. The molecule has 0 saturated carbocycles. The Hall–Kier alpha value is -1.11. The molecule has 6 heteroatoms. The van der Waals surface area contributed by atoms with E-state index in [1.54, 1.807) is 0 Å². The number of aliphatic hydroxyl groups excluding tert-OH is 1. The van der Waals surface area contributed by atoms with Crippen molar-refractivity contribution in [3.05, 3.63) is 35.4 Å². The van der Waals surface area contributed by atoms with Crippen LogP contribution in [0.3, 0.4) is 0 Å². The number of halogens is 3. The number of alkyl halides is 3. The molecule has 0 aliphatic heterocycles. The Morgan fingerprint density at radius 1 is 1.38 bits per heavy atom. The molecule has 0 amide bonds. The highest BCUT2D eigenvalue weighted by atomic mass is 19.4. The molecule has 1 aromatic rings. The van der Waals surface area contributed by atoms with Crippen molar-refractivity contribution in [3.8, 4) is 0 Å². The van der Waals surface area contributed by atoms with Gasteiger partial charge in [0.2, 0.25) is 0 Å². The molecule has 0 bridgehead atoms. The van der Waals surface area contributed by atoms with Crippen LogP contribution in [0.5, 0.6) is 0 Å². The van der Waals surface area contributed by atoms with Gasteiger partial charge in [0.15, 0.2) is 0 Å². The maximum atomic E-state index is 12.4. The van der Waals surface area contributed by atoms with Crippen LogP contribution in [0.25, 0.3) is 0 Å². The van der Waals surface area contributed by atoms with Crippen molar-refractivity contribution < 1.29 is 23.1 Å². The first-order valence-electron chi connectivity index (χ1n) is 4.58. The monoisotopic (exact) mass is 235 g/mol. The van der Waals surface area contributed by atoms with Gasteiger partial charge in [0.1, 0.15) is 0 Å². The summed E-state index contributed by atoms with van der Waals surface area (Å²) < 4.78 is 37.2. The van der Waals surface area contributed by atoms with Crippen LogP contribution in [0.4, 0.5) is 13.2 Å². The Balaban J connectivity index is 2.97. The molecule has 90 valence electrons. The van der Waals surface area contributed by atoms with Crippen molar-refractivity contribution in [1.29, 1.82) is 0 Å². The maximum absolute atomic E-state index is 12.4. The molecule has 1 atom stereocenters. The summed E-state index contributed by atoms with van der Waals surface area (Å²) >= 11 is 0. The Labute approximate surface area is 90.6 Å². The lowest BCUT2D eigenvalue weighted by Crippen LogP contribution is -2.16. The molecule has 3 N–H and O–H groups in total. The smallest absolute Gasteiger partial charge is 0.396 e. The molecule has 0 spiro atoms. The van der Waals surface area contributed by atoms with Crippen LogP contribution < -0.4 is 5.90 Å². The average Bonchev–Trinajstić information content (AvgIpc) is 2.25. The fourth-order valence-electron chi connectivity index (χ4n) is 1.34. The average molecular weight is 235 g/mol. The summed E-state index contributed by atoms with van der Waals surface area (Å²) in [5.41, 5.74) is -0.400. The zero-order valence-electron chi connectivity index (χ0n) is 8.37. The normalized spacial score (nSPS) is 13.8. The molecular weight excluding hydrogens is 223 g/mol. The van der Waals surface area contributed by atoms with Crippen LogP contribution in [0.1, 0.15) is 17.0 Å². The van der Waals surface area contributed by atoms with E-state index < -0.39 is 17.7 Å². The van der Waals surface area contributed by atoms with Gasteiger partial charge in [0.25, 0.3) is 0 Å². The van der Waals surface area contributed by atoms with Gasteiger partial charge in [-0.25, -0.2) is 5.90 Å². The second-order valence-electron chi connectivity index (χ2n) is 3.34. The van der Waals surface area contributed by atoms with Gasteiger partial charge in [-0.1, -0.05) is 18.2 Å². The van der Waals surface area contributed by atoms with E-state index in [9.17, 15) is 13.2 Å². The molecule has 0 aliphatic carbocycles. The minimum absolute atomic E-state index is 0.0299. The van der Waals surface area contributed by atoms with E-state index in [1.165, 1.54) is 12.1 Å². The molecule has 1 unspecified atom stereocenters. The lowest BCUT2D eigenvalue weighted by atomic mass is 9.99. The third-order valence-corrected chi connectivity index (χ3v) is 2.20. The number of hydrogen-bond acceptors (Lipinski definition) is 3. The largest absolute Gasteiger partial charge is 0.416 e. The van der Waals surface area contributed by atoms with E-state index in [0.29, 0.717) is 5.56 Å². The van der Waals surface area contributed by atoms with E-state index in [2.05, 4.69) is 4.84 Å². The Kier molecular flexibility index (Phi) is 4.28. The molecule has 0 heterocycles. The van der Waals surface area contributed by atoms with Crippen LogP contribution in [0.2, 0.25) is 0 Å². The molecule has 1 aromatic carbocycles. The molecule has 16 heavy (non-hydrogen) atoms. The molecule has 0 aromatic heterocycles. The third kappa shape index (κ3) is 3.19. The Morgan fingerprint density at radius 2 is 2.06 bits per heavy atom. The summed E-state index contributed by atoms with van der Waals surface area (Å²) in [4.78, 5) is 4.33. The SMILES string of the molecule is NOCC(CO)c1cccc(C(F)(F)F)c1. The third-order valence-electron chi connectivity index (χ3n) is 2.20. The first-order chi connectivity index (χ1) is 7.49. The summed E-state index contributed by atoms with van der Waals surface area (Å²) in [6.45, 7) is -0.351. The van der Waals surface area contributed by atoms with Gasteiger partial charge in [-0.3, -0.25) is 0 Å². The van der Waals surface area contributed by atoms with E-state index in [1.807, 2.05) is 0 Å². The van der Waals surface area contributed by atoms with Crippen molar-refractivity contribution in [3.63, 3.8) is 0 Å². The van der Waals surface area contributed by atoms with Gasteiger partial charge >= 0.3 is 6.18 Å². The summed E-state index contributed by atoms with van der Waals surface area (Å²) in [7, 11) is 0. The molecular formula is C10H12F3NO2. The molecule has 0 aliphatic rings. The number of nitrogens with two attached hydrogens (primary N) is 1. The van der Waals surface area contributed by atoms with Crippen molar-refractivity contribution in [2.24, 2.45) is 5.90 Å². The predicted octanol–water partition coefficient (Wildman–Crippen LogP) is 1.67. The van der Waals surface area contributed by atoms with E-state index in [-0.39, 0.29) is 13.2 Å².